The van der Waals surface area contributed by atoms with Crippen LogP contribution in [0.3, 0.4) is 0 Å². The van der Waals surface area contributed by atoms with E-state index in [9.17, 15) is 4.79 Å². The van der Waals surface area contributed by atoms with Crippen molar-refractivity contribution in [3.63, 3.8) is 0 Å². The summed E-state index contributed by atoms with van der Waals surface area (Å²) >= 11 is 0. The highest BCUT2D eigenvalue weighted by Gasteiger charge is 2.26. The fourth-order valence-corrected chi connectivity index (χ4v) is 2.48. The maximum absolute atomic E-state index is 12.3. The molecule has 18 heavy (non-hydrogen) atoms. The van der Waals surface area contributed by atoms with Crippen molar-refractivity contribution in [3.8, 4) is 0 Å². The minimum Gasteiger partial charge on any atom is -0.378 e. The van der Waals surface area contributed by atoms with Crippen molar-refractivity contribution in [2.75, 3.05) is 39.4 Å². The molecular formula is C14H24N2O2. The van der Waals surface area contributed by atoms with Crippen molar-refractivity contribution >= 4 is 6.03 Å². The minimum absolute atomic E-state index is 0.169. The monoisotopic (exact) mass is 252 g/mol. The van der Waals surface area contributed by atoms with E-state index in [0.717, 1.165) is 32.6 Å². The summed E-state index contributed by atoms with van der Waals surface area (Å²) in [7, 11) is 0. The number of rotatable bonds is 0. The van der Waals surface area contributed by atoms with Crippen molar-refractivity contribution in [1.29, 1.82) is 0 Å². The van der Waals surface area contributed by atoms with E-state index in [1.165, 1.54) is 5.57 Å². The van der Waals surface area contributed by atoms with Gasteiger partial charge < -0.3 is 14.5 Å². The van der Waals surface area contributed by atoms with Crippen LogP contribution in [0, 0.1) is 5.41 Å². The second kappa shape index (κ2) is 5.31. The molecular weight excluding hydrogens is 228 g/mol. The Kier molecular flexibility index (Phi) is 3.95. The number of hydrogen-bond acceptors (Lipinski definition) is 2. The van der Waals surface area contributed by atoms with Crippen LogP contribution in [0.25, 0.3) is 0 Å². The van der Waals surface area contributed by atoms with Crippen LogP contribution in [0.1, 0.15) is 27.2 Å². The summed E-state index contributed by atoms with van der Waals surface area (Å²) in [4.78, 5) is 16.1. The summed E-state index contributed by atoms with van der Waals surface area (Å²) in [6.45, 7) is 11.1. The van der Waals surface area contributed by atoms with Gasteiger partial charge in [-0.15, -0.1) is 0 Å². The zero-order valence-corrected chi connectivity index (χ0v) is 11.7. The van der Waals surface area contributed by atoms with Gasteiger partial charge in [0, 0.05) is 26.2 Å². The van der Waals surface area contributed by atoms with Crippen LogP contribution >= 0.6 is 0 Å². The Morgan fingerprint density at radius 1 is 1.17 bits per heavy atom. The molecule has 2 heterocycles. The molecule has 0 radical (unpaired) electrons. The second-order valence-corrected chi connectivity index (χ2v) is 6.06. The highest BCUT2D eigenvalue weighted by molar-refractivity contribution is 5.75. The lowest BCUT2D eigenvalue weighted by molar-refractivity contribution is 0.0438. The molecule has 0 aromatic heterocycles. The zero-order chi connectivity index (χ0) is 13.2. The van der Waals surface area contributed by atoms with Gasteiger partial charge in [-0.2, -0.15) is 0 Å². The van der Waals surface area contributed by atoms with Gasteiger partial charge in [-0.1, -0.05) is 32.4 Å². The molecule has 2 aliphatic heterocycles. The number of nitrogens with zero attached hydrogens (tertiary/aromatic N) is 2. The summed E-state index contributed by atoms with van der Waals surface area (Å²) in [5, 5.41) is 0. The molecule has 0 bridgehead atoms. The lowest BCUT2D eigenvalue weighted by atomic mass is 9.83. The molecule has 0 aliphatic carbocycles. The Bertz CT molecular complexity index is 338. The maximum Gasteiger partial charge on any atom is 0.320 e. The number of carbonyl (C=O) groups is 1. The van der Waals surface area contributed by atoms with Gasteiger partial charge in [0.25, 0.3) is 0 Å². The molecule has 0 N–H and O–H groups in total. The van der Waals surface area contributed by atoms with Gasteiger partial charge in [0.15, 0.2) is 0 Å². The highest BCUT2D eigenvalue weighted by atomic mass is 16.5. The highest BCUT2D eigenvalue weighted by Crippen LogP contribution is 2.30. The first-order valence-electron chi connectivity index (χ1n) is 6.79. The number of morpholine rings is 1. The standard InChI is InChI=1S/C14H24N2O2/c1-14(2,3)12-4-6-15(7-5-12)13(17)16-8-10-18-11-9-16/h4H,5-11H2,1-3H3. The molecule has 0 unspecified atom stereocenters. The molecule has 0 aromatic rings. The normalized spacial score (nSPS) is 21.8. The van der Waals surface area contributed by atoms with Crippen molar-refractivity contribution in [2.45, 2.75) is 27.2 Å². The number of hydrogen-bond donors (Lipinski definition) is 0. The molecule has 2 aliphatic rings. The number of urea groups is 1. The molecule has 4 nitrogen and oxygen atoms in total. The van der Waals surface area contributed by atoms with Crippen LogP contribution in [0.4, 0.5) is 4.79 Å². The largest absolute Gasteiger partial charge is 0.378 e. The molecule has 0 spiro atoms. The van der Waals surface area contributed by atoms with E-state index >= 15 is 0 Å². The van der Waals surface area contributed by atoms with Crippen molar-refractivity contribution in [3.05, 3.63) is 11.6 Å². The lowest BCUT2D eigenvalue weighted by Crippen LogP contribution is -2.49. The van der Waals surface area contributed by atoms with E-state index in [1.807, 2.05) is 9.80 Å². The number of amides is 2. The van der Waals surface area contributed by atoms with E-state index in [1.54, 1.807) is 0 Å². The third-order valence-corrected chi connectivity index (χ3v) is 3.72. The van der Waals surface area contributed by atoms with Gasteiger partial charge in [-0.05, 0) is 11.8 Å². The smallest absolute Gasteiger partial charge is 0.320 e. The van der Waals surface area contributed by atoms with Gasteiger partial charge in [-0.25, -0.2) is 4.79 Å². The van der Waals surface area contributed by atoms with Crippen molar-refractivity contribution in [2.24, 2.45) is 5.41 Å². The molecule has 4 heteroatoms. The SMILES string of the molecule is CC(C)(C)C1=CCN(C(=O)N2CCOCC2)CC1. The summed E-state index contributed by atoms with van der Waals surface area (Å²) in [5.41, 5.74) is 1.70. The van der Waals surface area contributed by atoms with Gasteiger partial charge >= 0.3 is 6.03 Å². The van der Waals surface area contributed by atoms with Gasteiger partial charge in [0.05, 0.1) is 13.2 Å². The topological polar surface area (TPSA) is 32.8 Å². The predicted octanol–water partition coefficient (Wildman–Crippen LogP) is 2.12. The Balaban J connectivity index is 1.92. The van der Waals surface area contributed by atoms with E-state index in [0.29, 0.717) is 13.2 Å². The zero-order valence-electron chi connectivity index (χ0n) is 11.7. The van der Waals surface area contributed by atoms with E-state index in [-0.39, 0.29) is 11.4 Å². The fourth-order valence-electron chi connectivity index (χ4n) is 2.48. The first-order valence-corrected chi connectivity index (χ1v) is 6.79. The lowest BCUT2D eigenvalue weighted by Gasteiger charge is -2.36. The first kappa shape index (κ1) is 13.4. The van der Waals surface area contributed by atoms with Crippen LogP contribution in [-0.4, -0.2) is 55.2 Å². The predicted molar refractivity (Wildman–Crippen MR) is 71.5 cm³/mol. The molecule has 0 aromatic carbocycles. The second-order valence-electron chi connectivity index (χ2n) is 6.06. The van der Waals surface area contributed by atoms with E-state index in [2.05, 4.69) is 26.8 Å². The third-order valence-electron chi connectivity index (χ3n) is 3.72. The Labute approximate surface area is 110 Å². The third kappa shape index (κ3) is 3.05. The molecule has 0 saturated carbocycles. The first-order chi connectivity index (χ1) is 8.48. The van der Waals surface area contributed by atoms with Gasteiger partial charge in [0.2, 0.25) is 0 Å². The van der Waals surface area contributed by atoms with Crippen LogP contribution in [0.15, 0.2) is 11.6 Å². The Hall–Kier alpha value is -1.03. The summed E-state index contributed by atoms with van der Waals surface area (Å²) in [5.74, 6) is 0. The molecule has 1 fully saturated rings. The van der Waals surface area contributed by atoms with Gasteiger partial charge in [0.1, 0.15) is 0 Å². The number of carbonyl (C=O) groups excluding carboxylic acids is 1. The minimum atomic E-state index is 0.169. The molecule has 102 valence electrons. The van der Waals surface area contributed by atoms with E-state index < -0.39 is 0 Å². The van der Waals surface area contributed by atoms with Crippen LogP contribution in [-0.2, 0) is 4.74 Å². The van der Waals surface area contributed by atoms with Crippen LogP contribution in [0.5, 0.6) is 0 Å². The van der Waals surface area contributed by atoms with Crippen LogP contribution < -0.4 is 0 Å². The van der Waals surface area contributed by atoms with Crippen LogP contribution in [0.2, 0.25) is 0 Å². The van der Waals surface area contributed by atoms with Crippen molar-refractivity contribution < 1.29 is 9.53 Å². The molecule has 2 rings (SSSR count). The average molecular weight is 252 g/mol. The Morgan fingerprint density at radius 2 is 1.83 bits per heavy atom. The average Bonchev–Trinajstić information content (AvgIpc) is 2.38. The maximum atomic E-state index is 12.3. The number of ether oxygens (including phenoxy) is 1. The molecule has 2 amide bonds. The Morgan fingerprint density at radius 3 is 2.33 bits per heavy atom. The van der Waals surface area contributed by atoms with E-state index in [4.69, 9.17) is 4.74 Å². The summed E-state index contributed by atoms with van der Waals surface area (Å²) in [6.07, 6.45) is 3.22. The quantitative estimate of drug-likeness (QED) is 0.619. The molecule has 1 saturated heterocycles. The van der Waals surface area contributed by atoms with Gasteiger partial charge in [-0.3, -0.25) is 0 Å². The summed E-state index contributed by atoms with van der Waals surface area (Å²) in [6, 6.07) is 0.169. The fraction of sp³-hybridized carbons (Fsp3) is 0.786. The van der Waals surface area contributed by atoms with Crippen molar-refractivity contribution in [1.82, 2.24) is 9.80 Å². The molecule has 0 atom stereocenters. The summed E-state index contributed by atoms with van der Waals surface area (Å²) < 4.78 is 5.27.